The highest BCUT2D eigenvalue weighted by atomic mass is 32.3. The Morgan fingerprint density at radius 1 is 0.571 bits per heavy atom. The SMILES string of the molecule is CCCCCC(=O)CS(CC)(CC)OS(=O)(=O)C(F)(F)C(F)(F)C(F)(F)C(F)(F)C(F)(F)C(F)(F)C(F)(F)C(F)(F)F. The summed E-state index contributed by atoms with van der Waals surface area (Å²) in [6, 6.07) is 0. The van der Waals surface area contributed by atoms with Gasteiger partial charge in [0, 0.05) is 6.42 Å². The van der Waals surface area contributed by atoms with Crippen molar-refractivity contribution < 1.29 is 91.5 Å². The zero-order valence-electron chi connectivity index (χ0n) is 21.3. The van der Waals surface area contributed by atoms with Gasteiger partial charge in [-0.3, -0.25) is 4.79 Å². The topological polar surface area (TPSA) is 60.4 Å². The van der Waals surface area contributed by atoms with E-state index >= 15 is 0 Å². The van der Waals surface area contributed by atoms with Gasteiger partial charge in [0.1, 0.15) is 5.78 Å². The standard InChI is InChI=1S/C19H23F17O4S2/c1-4-7-8-9-11(37)10-41(5-2,6-3)40-42(38,39)19(35,36)17(30,31)15(26,27)13(22,23)12(20,21)14(24,25)16(28,29)18(32,33)34/h4-10H2,1-3H3. The smallest absolute Gasteiger partial charge is 0.299 e. The maximum atomic E-state index is 14.4. The van der Waals surface area contributed by atoms with Gasteiger partial charge in [0.05, 0.1) is 5.75 Å². The monoisotopic (exact) mass is 702 g/mol. The average Bonchev–Trinajstić information content (AvgIpc) is 2.81. The molecule has 0 atom stereocenters. The molecule has 0 radical (unpaired) electrons. The largest absolute Gasteiger partial charge is 0.460 e. The van der Waals surface area contributed by atoms with E-state index in [9.17, 15) is 87.8 Å². The third kappa shape index (κ3) is 6.42. The van der Waals surface area contributed by atoms with E-state index in [1.165, 1.54) is 0 Å². The first-order chi connectivity index (χ1) is 18.3. The minimum Gasteiger partial charge on any atom is -0.299 e. The Bertz CT molecular complexity index is 1050. The third-order valence-electron chi connectivity index (χ3n) is 5.78. The van der Waals surface area contributed by atoms with Crippen LogP contribution in [-0.4, -0.2) is 78.4 Å². The van der Waals surface area contributed by atoms with E-state index in [0.29, 0.717) is 12.8 Å². The summed E-state index contributed by atoms with van der Waals surface area (Å²) in [5.41, 5.74) is 0. The number of hydrogen-bond donors (Lipinski definition) is 0. The molecule has 0 N–H and O–H groups in total. The van der Waals surface area contributed by atoms with E-state index in [4.69, 9.17) is 0 Å². The molecule has 0 rings (SSSR count). The molecule has 0 amide bonds. The molecule has 0 spiro atoms. The van der Waals surface area contributed by atoms with Gasteiger partial charge in [0.25, 0.3) is 0 Å². The molecule has 23 heteroatoms. The van der Waals surface area contributed by atoms with Crippen molar-refractivity contribution in [2.45, 2.75) is 93.4 Å². The van der Waals surface area contributed by atoms with E-state index in [0.717, 1.165) is 13.8 Å². The molecule has 0 aromatic rings. The summed E-state index contributed by atoms with van der Waals surface area (Å²) >= 11 is 0. The molecule has 0 bridgehead atoms. The number of Topliss-reactive ketones (excluding diaryl/α,β-unsaturated/α-hetero) is 1. The first-order valence-corrected chi connectivity index (χ1v) is 14.7. The molecule has 4 nitrogen and oxygen atoms in total. The molecule has 0 aromatic carbocycles. The maximum absolute atomic E-state index is 14.4. The van der Waals surface area contributed by atoms with Crippen molar-refractivity contribution in [3.05, 3.63) is 0 Å². The Morgan fingerprint density at radius 2 is 0.929 bits per heavy atom. The maximum Gasteiger partial charge on any atom is 0.460 e. The van der Waals surface area contributed by atoms with Gasteiger partial charge in [-0.25, -0.2) is 3.63 Å². The summed E-state index contributed by atoms with van der Waals surface area (Å²) in [7, 11) is -11.6. The van der Waals surface area contributed by atoms with Crippen molar-refractivity contribution in [3.63, 3.8) is 0 Å². The number of rotatable bonds is 17. The number of carbonyl (C=O) groups excluding carboxylic acids is 1. The lowest BCUT2D eigenvalue weighted by Gasteiger charge is -2.43. The second-order valence-corrected chi connectivity index (χ2v) is 14.0. The van der Waals surface area contributed by atoms with Gasteiger partial charge in [-0.05, 0) is 17.9 Å². The van der Waals surface area contributed by atoms with Crippen LogP contribution in [0.4, 0.5) is 74.6 Å². The third-order valence-corrected chi connectivity index (χ3v) is 11.5. The van der Waals surface area contributed by atoms with Crippen LogP contribution in [0.2, 0.25) is 0 Å². The predicted octanol–water partition coefficient (Wildman–Crippen LogP) is 8.21. The number of alkyl halides is 17. The lowest BCUT2D eigenvalue weighted by atomic mass is 9.91. The Balaban J connectivity index is 6.86. The van der Waals surface area contributed by atoms with Crippen LogP contribution in [0, 0.1) is 0 Å². The summed E-state index contributed by atoms with van der Waals surface area (Å²) in [6.45, 7) is 3.53. The molecule has 0 fully saturated rings. The van der Waals surface area contributed by atoms with Crippen molar-refractivity contribution >= 4 is 26.2 Å². The van der Waals surface area contributed by atoms with Crippen LogP contribution in [0.1, 0.15) is 46.5 Å². The summed E-state index contributed by atoms with van der Waals surface area (Å²) in [6.07, 6.45) is -7.16. The van der Waals surface area contributed by atoms with Crippen LogP contribution in [0.5, 0.6) is 0 Å². The molecule has 42 heavy (non-hydrogen) atoms. The fraction of sp³-hybridized carbons (Fsp3) is 0.947. The molecule has 0 aromatic heterocycles. The van der Waals surface area contributed by atoms with Crippen LogP contribution in [-0.2, 0) is 18.5 Å². The van der Waals surface area contributed by atoms with Gasteiger partial charge in [-0.1, -0.05) is 33.6 Å². The Labute approximate surface area is 228 Å². The van der Waals surface area contributed by atoms with Gasteiger partial charge < -0.3 is 0 Å². The summed E-state index contributed by atoms with van der Waals surface area (Å²) in [4.78, 5) is 12.1. The molecular formula is C19H23F17O4S2. The van der Waals surface area contributed by atoms with Crippen molar-refractivity contribution in [2.24, 2.45) is 0 Å². The molecule has 0 heterocycles. The van der Waals surface area contributed by atoms with E-state index in [1.54, 1.807) is 6.92 Å². The van der Waals surface area contributed by atoms with Crippen LogP contribution in [0.3, 0.4) is 0 Å². The second kappa shape index (κ2) is 12.3. The molecule has 0 aliphatic carbocycles. The zero-order chi connectivity index (χ0) is 34.2. The number of unbranched alkanes of at least 4 members (excludes halogenated alkanes) is 2. The van der Waals surface area contributed by atoms with E-state index < -0.39 is 90.4 Å². The minimum absolute atomic E-state index is 0.146. The molecule has 254 valence electrons. The molecule has 0 saturated heterocycles. The molecule has 0 unspecified atom stereocenters. The molecule has 0 saturated carbocycles. The lowest BCUT2D eigenvalue weighted by molar-refractivity contribution is -0.458. The first kappa shape index (κ1) is 40.7. The Morgan fingerprint density at radius 3 is 1.26 bits per heavy atom. The van der Waals surface area contributed by atoms with Crippen LogP contribution < -0.4 is 0 Å². The molecule has 0 aliphatic rings. The van der Waals surface area contributed by atoms with Crippen molar-refractivity contribution in [3.8, 4) is 0 Å². The number of halogens is 17. The van der Waals surface area contributed by atoms with Crippen molar-refractivity contribution in [1.82, 2.24) is 0 Å². The number of ketones is 1. The predicted molar refractivity (Wildman–Crippen MR) is 113 cm³/mol. The fourth-order valence-corrected chi connectivity index (χ4v) is 7.82. The fourth-order valence-electron chi connectivity index (χ4n) is 3.01. The van der Waals surface area contributed by atoms with Crippen LogP contribution >= 0.6 is 10.3 Å². The minimum atomic E-state index is -8.92. The van der Waals surface area contributed by atoms with Gasteiger partial charge in [-0.2, -0.15) is 83.1 Å². The van der Waals surface area contributed by atoms with Crippen LogP contribution in [0.25, 0.3) is 0 Å². The highest BCUT2D eigenvalue weighted by Gasteiger charge is 2.96. The lowest BCUT2D eigenvalue weighted by Crippen LogP contribution is -2.75. The second-order valence-electron chi connectivity index (χ2n) is 8.67. The van der Waals surface area contributed by atoms with Crippen molar-refractivity contribution in [1.29, 1.82) is 0 Å². The van der Waals surface area contributed by atoms with E-state index in [1.807, 2.05) is 0 Å². The Hall–Kier alpha value is -1.26. The average molecular weight is 702 g/mol. The Kier molecular flexibility index (Phi) is 11.9. The van der Waals surface area contributed by atoms with Gasteiger partial charge in [0.15, 0.2) is 0 Å². The van der Waals surface area contributed by atoms with Gasteiger partial charge in [-0.15, -0.1) is 10.3 Å². The van der Waals surface area contributed by atoms with Gasteiger partial charge in [0.2, 0.25) is 0 Å². The highest BCUT2D eigenvalue weighted by molar-refractivity contribution is 8.33. The summed E-state index contributed by atoms with van der Waals surface area (Å²) < 4.78 is 257. The molecule has 0 aliphatic heterocycles. The van der Waals surface area contributed by atoms with E-state index in [-0.39, 0.29) is 12.8 Å². The number of carbonyl (C=O) groups is 1. The van der Waals surface area contributed by atoms with Crippen LogP contribution in [0.15, 0.2) is 0 Å². The van der Waals surface area contributed by atoms with E-state index in [2.05, 4.69) is 3.63 Å². The normalized spacial score (nSPS) is 16.1. The highest BCUT2D eigenvalue weighted by Crippen LogP contribution is 2.65. The summed E-state index contributed by atoms with van der Waals surface area (Å²) in [5, 5.41) is -7.77. The quantitative estimate of drug-likeness (QED) is 0.113. The first-order valence-electron chi connectivity index (χ1n) is 11.2. The zero-order valence-corrected chi connectivity index (χ0v) is 23.0. The van der Waals surface area contributed by atoms with Crippen molar-refractivity contribution in [2.75, 3.05) is 17.3 Å². The number of hydrogen-bond acceptors (Lipinski definition) is 4. The molecular weight excluding hydrogens is 679 g/mol. The van der Waals surface area contributed by atoms with Gasteiger partial charge >= 0.3 is 57.1 Å². The summed E-state index contributed by atoms with van der Waals surface area (Å²) in [5.74, 6) is -55.7.